The first-order valence-corrected chi connectivity index (χ1v) is 7.04. The van der Waals surface area contributed by atoms with E-state index in [9.17, 15) is 0 Å². The fourth-order valence-electron chi connectivity index (χ4n) is 3.08. The van der Waals surface area contributed by atoms with Crippen LogP contribution in [0.1, 0.15) is 32.6 Å². The van der Waals surface area contributed by atoms with Crippen molar-refractivity contribution in [2.45, 2.75) is 38.3 Å². The molecule has 3 rings (SSSR count). The highest BCUT2D eigenvalue weighted by Crippen LogP contribution is 2.34. The number of hydrogen-bond donors (Lipinski definition) is 2. The Morgan fingerprint density at radius 3 is 2.83 bits per heavy atom. The summed E-state index contributed by atoms with van der Waals surface area (Å²) in [6, 6.07) is 10.2. The van der Waals surface area contributed by atoms with Gasteiger partial charge in [-0.3, -0.25) is 5.01 Å². The lowest BCUT2D eigenvalue weighted by molar-refractivity contribution is 0.192. The van der Waals surface area contributed by atoms with E-state index >= 15 is 0 Å². The van der Waals surface area contributed by atoms with E-state index in [4.69, 9.17) is 12.2 Å². The number of rotatable bonds is 1. The van der Waals surface area contributed by atoms with Gasteiger partial charge in [-0.25, -0.2) is 5.43 Å². The summed E-state index contributed by atoms with van der Waals surface area (Å²) >= 11 is 5.47. The predicted octanol–water partition coefficient (Wildman–Crippen LogP) is 2.79. The van der Waals surface area contributed by atoms with Gasteiger partial charge in [0, 0.05) is 0 Å². The standard InChI is InChI=1S/C14H19N3S/c1-11-6-5-9-14(10-11)15-13(18)17(16-14)12-7-3-2-4-8-12/h2-4,7-8,11,16H,5-6,9-10H2,1H3,(H,15,18)/t11-,14-/m0/s1. The molecule has 18 heavy (non-hydrogen) atoms. The van der Waals surface area contributed by atoms with Crippen molar-refractivity contribution in [3.05, 3.63) is 30.3 Å². The van der Waals surface area contributed by atoms with Gasteiger partial charge in [-0.1, -0.05) is 31.5 Å². The fourth-order valence-corrected chi connectivity index (χ4v) is 3.42. The largest absolute Gasteiger partial charge is 0.342 e. The third-order valence-electron chi connectivity index (χ3n) is 3.89. The molecule has 0 radical (unpaired) electrons. The molecule has 1 aromatic carbocycles. The van der Waals surface area contributed by atoms with Crippen molar-refractivity contribution in [1.82, 2.24) is 10.7 Å². The minimum atomic E-state index is -0.0232. The first kappa shape index (κ1) is 11.9. The van der Waals surface area contributed by atoms with E-state index in [1.54, 1.807) is 0 Å². The van der Waals surface area contributed by atoms with Gasteiger partial charge >= 0.3 is 0 Å². The molecule has 1 aromatic rings. The molecule has 0 bridgehead atoms. The Balaban J connectivity index is 1.82. The molecule has 1 saturated carbocycles. The number of para-hydroxylation sites is 1. The zero-order chi connectivity index (χ0) is 12.6. The number of nitrogens with zero attached hydrogens (tertiary/aromatic N) is 1. The van der Waals surface area contributed by atoms with Crippen LogP contribution in [0.5, 0.6) is 0 Å². The van der Waals surface area contributed by atoms with Crippen molar-refractivity contribution < 1.29 is 0 Å². The summed E-state index contributed by atoms with van der Waals surface area (Å²) in [7, 11) is 0. The number of benzene rings is 1. The van der Waals surface area contributed by atoms with E-state index in [0.29, 0.717) is 0 Å². The Bertz CT molecular complexity index is 448. The molecule has 0 aromatic heterocycles. The fraction of sp³-hybridized carbons (Fsp3) is 0.500. The van der Waals surface area contributed by atoms with Gasteiger partial charge < -0.3 is 5.32 Å². The van der Waals surface area contributed by atoms with Gasteiger partial charge in [0.15, 0.2) is 5.11 Å². The molecular formula is C14H19N3S. The van der Waals surface area contributed by atoms with E-state index in [-0.39, 0.29) is 5.66 Å². The number of anilines is 1. The highest BCUT2D eigenvalue weighted by Gasteiger charge is 2.42. The highest BCUT2D eigenvalue weighted by atomic mass is 32.1. The molecular weight excluding hydrogens is 242 g/mol. The Hall–Kier alpha value is -1.13. The van der Waals surface area contributed by atoms with Crippen LogP contribution in [0.3, 0.4) is 0 Å². The second kappa shape index (κ2) is 4.52. The molecule has 1 saturated heterocycles. The third-order valence-corrected chi connectivity index (χ3v) is 4.17. The summed E-state index contributed by atoms with van der Waals surface area (Å²) in [5, 5.41) is 6.29. The summed E-state index contributed by atoms with van der Waals surface area (Å²) in [5.74, 6) is 0.747. The zero-order valence-corrected chi connectivity index (χ0v) is 11.5. The van der Waals surface area contributed by atoms with Crippen LogP contribution in [0.4, 0.5) is 5.69 Å². The average Bonchev–Trinajstić information content (AvgIpc) is 2.67. The van der Waals surface area contributed by atoms with Crippen molar-refractivity contribution in [2.75, 3.05) is 5.01 Å². The molecule has 1 aliphatic heterocycles. The van der Waals surface area contributed by atoms with E-state index in [1.807, 2.05) is 23.2 Å². The van der Waals surface area contributed by atoms with Gasteiger partial charge in [0.1, 0.15) is 5.66 Å². The molecule has 2 N–H and O–H groups in total. The quantitative estimate of drug-likeness (QED) is 0.760. The molecule has 1 aliphatic carbocycles. The molecule has 1 spiro atoms. The Morgan fingerprint density at radius 1 is 1.33 bits per heavy atom. The van der Waals surface area contributed by atoms with Crippen LogP contribution < -0.4 is 15.8 Å². The summed E-state index contributed by atoms with van der Waals surface area (Å²) in [6.45, 7) is 2.32. The molecule has 2 fully saturated rings. The van der Waals surface area contributed by atoms with Crippen LogP contribution in [-0.2, 0) is 0 Å². The summed E-state index contributed by atoms with van der Waals surface area (Å²) in [5.41, 5.74) is 4.66. The smallest absolute Gasteiger partial charge is 0.189 e. The van der Waals surface area contributed by atoms with Gasteiger partial charge in [0.25, 0.3) is 0 Å². The van der Waals surface area contributed by atoms with Crippen LogP contribution in [0, 0.1) is 5.92 Å². The highest BCUT2D eigenvalue weighted by molar-refractivity contribution is 7.80. The average molecular weight is 261 g/mol. The first-order valence-electron chi connectivity index (χ1n) is 6.64. The summed E-state index contributed by atoms with van der Waals surface area (Å²) in [6.07, 6.45) is 4.85. The lowest BCUT2D eigenvalue weighted by Gasteiger charge is -2.36. The lowest BCUT2D eigenvalue weighted by atomic mass is 9.83. The van der Waals surface area contributed by atoms with Crippen molar-refractivity contribution in [1.29, 1.82) is 0 Å². The molecule has 96 valence electrons. The van der Waals surface area contributed by atoms with Crippen LogP contribution in [0.25, 0.3) is 0 Å². The lowest BCUT2D eigenvalue weighted by Crippen LogP contribution is -2.53. The number of hydrogen-bond acceptors (Lipinski definition) is 2. The third kappa shape index (κ3) is 2.10. The normalized spacial score (nSPS) is 31.7. The topological polar surface area (TPSA) is 27.3 Å². The number of nitrogens with one attached hydrogen (secondary N) is 2. The monoisotopic (exact) mass is 261 g/mol. The van der Waals surface area contributed by atoms with Crippen LogP contribution in [-0.4, -0.2) is 10.8 Å². The van der Waals surface area contributed by atoms with Gasteiger partial charge in [0.05, 0.1) is 5.69 Å². The zero-order valence-electron chi connectivity index (χ0n) is 10.6. The summed E-state index contributed by atoms with van der Waals surface area (Å²) in [4.78, 5) is 0. The van der Waals surface area contributed by atoms with E-state index in [2.05, 4.69) is 29.8 Å². The van der Waals surface area contributed by atoms with Gasteiger partial charge in [0.2, 0.25) is 0 Å². The maximum absolute atomic E-state index is 5.47. The van der Waals surface area contributed by atoms with Crippen LogP contribution >= 0.6 is 12.2 Å². The van der Waals surface area contributed by atoms with Crippen molar-refractivity contribution in [3.63, 3.8) is 0 Å². The van der Waals surface area contributed by atoms with E-state index in [0.717, 1.165) is 29.6 Å². The Labute approximate surface area is 114 Å². The minimum Gasteiger partial charge on any atom is -0.342 e. The van der Waals surface area contributed by atoms with E-state index < -0.39 is 0 Å². The number of thiocarbonyl (C=S) groups is 1. The van der Waals surface area contributed by atoms with Crippen molar-refractivity contribution in [3.8, 4) is 0 Å². The predicted molar refractivity (Wildman–Crippen MR) is 78.2 cm³/mol. The SMILES string of the molecule is C[C@H]1CCC[C@]2(C1)NC(=S)N(c1ccccc1)N2. The molecule has 2 atom stereocenters. The molecule has 2 aliphatic rings. The molecule has 4 heteroatoms. The second-order valence-electron chi connectivity index (χ2n) is 5.50. The molecule has 0 unspecified atom stereocenters. The maximum atomic E-state index is 5.47. The molecule has 1 heterocycles. The Kier molecular flexibility index (Phi) is 2.99. The van der Waals surface area contributed by atoms with Crippen molar-refractivity contribution >= 4 is 23.0 Å². The minimum absolute atomic E-state index is 0.0232. The molecule has 0 amide bonds. The summed E-state index contributed by atoms with van der Waals surface area (Å²) < 4.78 is 0. The first-order chi connectivity index (χ1) is 8.69. The number of hydrazine groups is 1. The van der Waals surface area contributed by atoms with Crippen LogP contribution in [0.15, 0.2) is 30.3 Å². The Morgan fingerprint density at radius 2 is 2.11 bits per heavy atom. The van der Waals surface area contributed by atoms with Gasteiger partial charge in [-0.2, -0.15) is 0 Å². The van der Waals surface area contributed by atoms with Gasteiger partial charge in [-0.15, -0.1) is 0 Å². The second-order valence-corrected chi connectivity index (χ2v) is 5.88. The van der Waals surface area contributed by atoms with E-state index in [1.165, 1.54) is 12.8 Å². The molecule has 3 nitrogen and oxygen atoms in total. The van der Waals surface area contributed by atoms with Crippen molar-refractivity contribution in [2.24, 2.45) is 5.92 Å². The van der Waals surface area contributed by atoms with Gasteiger partial charge in [-0.05, 0) is 49.5 Å². The van der Waals surface area contributed by atoms with Crippen LogP contribution in [0.2, 0.25) is 0 Å². The maximum Gasteiger partial charge on any atom is 0.189 e.